The summed E-state index contributed by atoms with van der Waals surface area (Å²) in [5.74, 6) is 1.18. The Kier molecular flexibility index (Phi) is 3.90. The Hall–Kier alpha value is -1.91. The zero-order valence-electron chi connectivity index (χ0n) is 12.5. The van der Waals surface area contributed by atoms with Crippen molar-refractivity contribution in [3.8, 4) is 0 Å². The zero-order valence-corrected chi connectivity index (χ0v) is 12.5. The van der Waals surface area contributed by atoms with Crippen LogP contribution >= 0.6 is 0 Å². The van der Waals surface area contributed by atoms with Crippen LogP contribution in [-0.2, 0) is 19.4 Å². The molecule has 3 rings (SSSR count). The van der Waals surface area contributed by atoms with Gasteiger partial charge in [-0.2, -0.15) is 5.10 Å². The van der Waals surface area contributed by atoms with E-state index in [-0.39, 0.29) is 6.42 Å². The van der Waals surface area contributed by atoms with Crippen LogP contribution in [0.4, 0.5) is 10.1 Å². The van der Waals surface area contributed by atoms with E-state index in [1.807, 2.05) is 16.8 Å². The van der Waals surface area contributed by atoms with Crippen LogP contribution in [0.1, 0.15) is 37.0 Å². The summed E-state index contributed by atoms with van der Waals surface area (Å²) in [6.07, 6.45) is 1.70. The SMILES string of the molecule is CC(C)Cn1ncnc1CC(F)c1cccc2c1NCC2. The summed E-state index contributed by atoms with van der Waals surface area (Å²) in [5, 5.41) is 7.49. The quantitative estimate of drug-likeness (QED) is 0.919. The van der Waals surface area contributed by atoms with Gasteiger partial charge in [-0.25, -0.2) is 14.1 Å². The van der Waals surface area contributed by atoms with Gasteiger partial charge in [0.05, 0.1) is 0 Å². The average Bonchev–Trinajstić information content (AvgIpc) is 3.07. The van der Waals surface area contributed by atoms with Crippen LogP contribution in [0.25, 0.3) is 0 Å². The molecule has 0 aliphatic carbocycles. The van der Waals surface area contributed by atoms with E-state index in [0.717, 1.165) is 30.8 Å². The highest BCUT2D eigenvalue weighted by Crippen LogP contribution is 2.34. The number of alkyl halides is 1. The van der Waals surface area contributed by atoms with Gasteiger partial charge in [0, 0.05) is 30.8 Å². The molecule has 4 nitrogen and oxygen atoms in total. The number of aromatic nitrogens is 3. The molecule has 0 bridgehead atoms. The third-order valence-electron chi connectivity index (χ3n) is 3.81. The largest absolute Gasteiger partial charge is 0.384 e. The maximum atomic E-state index is 14.8. The van der Waals surface area contributed by atoms with Gasteiger partial charge in [-0.05, 0) is 17.9 Å². The maximum absolute atomic E-state index is 14.8. The van der Waals surface area contributed by atoms with Crippen LogP contribution in [0.5, 0.6) is 0 Å². The highest BCUT2D eigenvalue weighted by atomic mass is 19.1. The van der Waals surface area contributed by atoms with Gasteiger partial charge in [-0.15, -0.1) is 0 Å². The third-order valence-corrected chi connectivity index (χ3v) is 3.81. The number of fused-ring (bicyclic) bond motifs is 1. The van der Waals surface area contributed by atoms with Crippen LogP contribution in [0, 0.1) is 5.92 Å². The van der Waals surface area contributed by atoms with Crippen molar-refractivity contribution >= 4 is 5.69 Å². The third kappa shape index (κ3) is 2.91. The molecule has 0 amide bonds. The first-order chi connectivity index (χ1) is 10.1. The minimum atomic E-state index is -1.05. The molecular formula is C16H21FN4. The number of para-hydroxylation sites is 1. The molecule has 2 aromatic rings. The Labute approximate surface area is 124 Å². The van der Waals surface area contributed by atoms with Gasteiger partial charge in [0.15, 0.2) is 0 Å². The number of rotatable bonds is 5. The highest BCUT2D eigenvalue weighted by Gasteiger charge is 2.22. The molecule has 1 unspecified atom stereocenters. The van der Waals surface area contributed by atoms with Crippen molar-refractivity contribution in [2.24, 2.45) is 5.92 Å². The van der Waals surface area contributed by atoms with Gasteiger partial charge in [0.2, 0.25) is 0 Å². The molecule has 1 aliphatic heterocycles. The van der Waals surface area contributed by atoms with E-state index in [9.17, 15) is 4.39 Å². The van der Waals surface area contributed by atoms with Crippen molar-refractivity contribution in [3.05, 3.63) is 41.5 Å². The fraction of sp³-hybridized carbons (Fsp3) is 0.500. The smallest absolute Gasteiger partial charge is 0.138 e. The predicted octanol–water partition coefficient (Wildman–Crippen LogP) is 3.16. The van der Waals surface area contributed by atoms with Crippen LogP contribution in [0.15, 0.2) is 24.5 Å². The number of anilines is 1. The van der Waals surface area contributed by atoms with Crippen LogP contribution in [-0.4, -0.2) is 21.3 Å². The van der Waals surface area contributed by atoms with E-state index in [4.69, 9.17) is 0 Å². The predicted molar refractivity (Wildman–Crippen MR) is 81.0 cm³/mol. The lowest BCUT2D eigenvalue weighted by atomic mass is 10.0. The summed E-state index contributed by atoms with van der Waals surface area (Å²) in [7, 11) is 0. The summed E-state index contributed by atoms with van der Waals surface area (Å²) in [6, 6.07) is 5.87. The lowest BCUT2D eigenvalue weighted by Crippen LogP contribution is -2.12. The summed E-state index contributed by atoms with van der Waals surface area (Å²) >= 11 is 0. The van der Waals surface area contributed by atoms with E-state index in [1.54, 1.807) is 0 Å². The molecule has 112 valence electrons. The van der Waals surface area contributed by atoms with Crippen molar-refractivity contribution in [2.45, 2.75) is 39.4 Å². The van der Waals surface area contributed by atoms with E-state index in [2.05, 4.69) is 35.3 Å². The lowest BCUT2D eigenvalue weighted by Gasteiger charge is -2.14. The molecule has 0 saturated heterocycles. The maximum Gasteiger partial charge on any atom is 0.138 e. The number of nitrogens with one attached hydrogen (secondary N) is 1. The molecule has 1 atom stereocenters. The Morgan fingerprint density at radius 1 is 1.38 bits per heavy atom. The molecule has 5 heteroatoms. The lowest BCUT2D eigenvalue weighted by molar-refractivity contribution is 0.328. The molecule has 1 aromatic heterocycles. The molecule has 1 aliphatic rings. The number of nitrogens with zero attached hydrogens (tertiary/aromatic N) is 3. The average molecular weight is 288 g/mol. The normalized spacial score (nSPS) is 15.0. The molecule has 1 N–H and O–H groups in total. The monoisotopic (exact) mass is 288 g/mol. The fourth-order valence-electron chi connectivity index (χ4n) is 2.84. The van der Waals surface area contributed by atoms with Crippen molar-refractivity contribution in [2.75, 3.05) is 11.9 Å². The second-order valence-electron chi connectivity index (χ2n) is 5.98. The Morgan fingerprint density at radius 2 is 2.24 bits per heavy atom. The van der Waals surface area contributed by atoms with Crippen molar-refractivity contribution in [3.63, 3.8) is 0 Å². The minimum absolute atomic E-state index is 0.269. The van der Waals surface area contributed by atoms with Crippen LogP contribution in [0.2, 0.25) is 0 Å². The number of halogens is 1. The number of hydrogen-bond donors (Lipinski definition) is 1. The first kappa shape index (κ1) is 14.0. The van der Waals surface area contributed by atoms with Gasteiger partial charge < -0.3 is 5.32 Å². The minimum Gasteiger partial charge on any atom is -0.384 e. The second-order valence-corrected chi connectivity index (χ2v) is 5.98. The van der Waals surface area contributed by atoms with Crippen LogP contribution < -0.4 is 5.32 Å². The molecule has 0 radical (unpaired) electrons. The summed E-state index contributed by atoms with van der Waals surface area (Å²) < 4.78 is 16.6. The summed E-state index contributed by atoms with van der Waals surface area (Å²) in [5.41, 5.74) is 2.92. The van der Waals surface area contributed by atoms with E-state index >= 15 is 0 Å². The first-order valence-corrected chi connectivity index (χ1v) is 7.51. The zero-order chi connectivity index (χ0) is 14.8. The standard InChI is InChI=1S/C16H21FN4/c1-11(2)9-21-15(19-10-20-21)8-14(17)13-5-3-4-12-6-7-18-16(12)13/h3-5,10-11,14,18H,6-9H2,1-2H3. The van der Waals surface area contributed by atoms with Gasteiger partial charge in [0.1, 0.15) is 18.3 Å². The van der Waals surface area contributed by atoms with E-state index in [1.165, 1.54) is 11.9 Å². The van der Waals surface area contributed by atoms with Gasteiger partial charge in [0.25, 0.3) is 0 Å². The Morgan fingerprint density at radius 3 is 3.05 bits per heavy atom. The fourth-order valence-corrected chi connectivity index (χ4v) is 2.84. The first-order valence-electron chi connectivity index (χ1n) is 7.51. The molecule has 2 heterocycles. The number of benzene rings is 1. The highest BCUT2D eigenvalue weighted by molar-refractivity contribution is 5.62. The van der Waals surface area contributed by atoms with Gasteiger partial charge >= 0.3 is 0 Å². The van der Waals surface area contributed by atoms with Crippen molar-refractivity contribution in [1.82, 2.24) is 14.8 Å². The van der Waals surface area contributed by atoms with Gasteiger partial charge in [-0.1, -0.05) is 32.0 Å². The second kappa shape index (κ2) is 5.84. The van der Waals surface area contributed by atoms with Crippen LogP contribution in [0.3, 0.4) is 0 Å². The topological polar surface area (TPSA) is 42.7 Å². The molecular weight excluding hydrogens is 267 g/mol. The summed E-state index contributed by atoms with van der Waals surface area (Å²) in [4.78, 5) is 4.22. The van der Waals surface area contributed by atoms with Crippen molar-refractivity contribution < 1.29 is 4.39 Å². The summed E-state index contributed by atoms with van der Waals surface area (Å²) in [6.45, 7) is 5.90. The Bertz CT molecular complexity index is 620. The number of hydrogen-bond acceptors (Lipinski definition) is 3. The molecule has 0 spiro atoms. The molecule has 0 fully saturated rings. The van der Waals surface area contributed by atoms with E-state index < -0.39 is 6.17 Å². The molecule has 0 saturated carbocycles. The van der Waals surface area contributed by atoms with E-state index in [0.29, 0.717) is 11.7 Å². The molecule has 1 aromatic carbocycles. The Balaban J connectivity index is 1.80. The molecule has 21 heavy (non-hydrogen) atoms. The van der Waals surface area contributed by atoms with Gasteiger partial charge in [-0.3, -0.25) is 0 Å². The van der Waals surface area contributed by atoms with Crippen molar-refractivity contribution in [1.29, 1.82) is 0 Å².